The molecule has 0 saturated carbocycles. The van der Waals surface area contributed by atoms with Crippen LogP contribution in [-0.4, -0.2) is 17.6 Å². The van der Waals surface area contributed by atoms with Gasteiger partial charge in [-0.05, 0) is 30.7 Å². The molecule has 2 aromatic rings. The molecule has 0 aliphatic rings. The summed E-state index contributed by atoms with van der Waals surface area (Å²) >= 11 is 12.9. The van der Waals surface area contributed by atoms with Crippen molar-refractivity contribution in [2.75, 3.05) is 11.9 Å². The normalized spacial score (nSPS) is 9.90. The Balaban J connectivity index is 2.23. The van der Waals surface area contributed by atoms with E-state index in [0.29, 0.717) is 19.9 Å². The van der Waals surface area contributed by atoms with Gasteiger partial charge in [0.25, 0.3) is 5.91 Å². The fourth-order valence-corrected chi connectivity index (χ4v) is 3.12. The molecule has 0 aliphatic heterocycles. The Bertz CT molecular complexity index is 744. The van der Waals surface area contributed by atoms with Gasteiger partial charge in [-0.15, -0.1) is 11.3 Å². The van der Waals surface area contributed by atoms with Gasteiger partial charge in [-0.25, -0.2) is 0 Å². The third-order valence-electron chi connectivity index (χ3n) is 2.70. The molecule has 0 unspecified atom stereocenters. The Morgan fingerprint density at radius 2 is 2.14 bits per heavy atom. The fourth-order valence-electron chi connectivity index (χ4n) is 1.66. The van der Waals surface area contributed by atoms with Gasteiger partial charge >= 0.3 is 0 Å². The summed E-state index contributed by atoms with van der Waals surface area (Å²) in [6, 6.07) is 6.90. The molecule has 1 amide bonds. The van der Waals surface area contributed by atoms with Crippen LogP contribution in [0.15, 0.2) is 24.3 Å². The number of aliphatic hydroxyl groups is 1. The molecule has 1 aromatic heterocycles. The molecule has 0 bridgehead atoms. The lowest BCUT2D eigenvalue weighted by atomic mass is 10.1. The van der Waals surface area contributed by atoms with E-state index in [1.165, 1.54) is 6.07 Å². The average molecular weight is 340 g/mol. The van der Waals surface area contributed by atoms with E-state index >= 15 is 0 Å². The van der Waals surface area contributed by atoms with Crippen molar-refractivity contribution in [2.45, 2.75) is 6.92 Å². The number of benzene rings is 1. The van der Waals surface area contributed by atoms with Crippen LogP contribution in [0.3, 0.4) is 0 Å². The molecule has 1 heterocycles. The predicted molar refractivity (Wildman–Crippen MR) is 87.4 cm³/mol. The van der Waals surface area contributed by atoms with Gasteiger partial charge < -0.3 is 10.4 Å². The molecule has 6 heteroatoms. The van der Waals surface area contributed by atoms with Gasteiger partial charge in [0.05, 0.1) is 9.90 Å². The molecule has 0 fully saturated rings. The molecule has 0 aliphatic carbocycles. The number of halogens is 2. The second kappa shape index (κ2) is 6.97. The molecule has 0 spiro atoms. The third-order valence-corrected chi connectivity index (χ3v) is 4.19. The Morgan fingerprint density at radius 1 is 1.38 bits per heavy atom. The summed E-state index contributed by atoms with van der Waals surface area (Å²) in [4.78, 5) is 12.1. The summed E-state index contributed by atoms with van der Waals surface area (Å²) in [5, 5.41) is 11.5. The van der Waals surface area contributed by atoms with E-state index < -0.39 is 0 Å². The molecule has 2 rings (SSSR count). The first-order valence-electron chi connectivity index (χ1n) is 5.98. The van der Waals surface area contributed by atoms with Gasteiger partial charge in [-0.2, -0.15) is 0 Å². The van der Waals surface area contributed by atoms with Gasteiger partial charge in [-0.1, -0.05) is 41.1 Å². The molecule has 2 N–H and O–H groups in total. The van der Waals surface area contributed by atoms with Crippen molar-refractivity contribution >= 4 is 46.1 Å². The first kappa shape index (κ1) is 15.9. The van der Waals surface area contributed by atoms with Crippen LogP contribution in [0.2, 0.25) is 8.67 Å². The SMILES string of the molecule is Cc1ccc(NC(=O)c2cc(Cl)sc2Cl)cc1C#CCO. The Hall–Kier alpha value is -1.51. The minimum Gasteiger partial charge on any atom is -0.384 e. The number of carbonyl (C=O) groups excluding carboxylic acids is 1. The summed E-state index contributed by atoms with van der Waals surface area (Å²) < 4.78 is 0.813. The van der Waals surface area contributed by atoms with Crippen LogP contribution < -0.4 is 5.32 Å². The molecule has 1 aromatic carbocycles. The maximum absolute atomic E-state index is 12.1. The quantitative estimate of drug-likeness (QED) is 0.813. The highest BCUT2D eigenvalue weighted by Gasteiger charge is 2.14. The summed E-state index contributed by atoms with van der Waals surface area (Å²) in [7, 11) is 0. The monoisotopic (exact) mass is 339 g/mol. The highest BCUT2D eigenvalue weighted by atomic mass is 35.5. The van der Waals surface area contributed by atoms with Crippen LogP contribution in [0, 0.1) is 18.8 Å². The van der Waals surface area contributed by atoms with E-state index in [0.717, 1.165) is 22.5 Å². The Kier molecular flexibility index (Phi) is 5.27. The zero-order valence-corrected chi connectivity index (χ0v) is 13.4. The first-order valence-corrected chi connectivity index (χ1v) is 7.55. The minimum atomic E-state index is -0.326. The highest BCUT2D eigenvalue weighted by molar-refractivity contribution is 7.20. The fraction of sp³-hybridized carbons (Fsp3) is 0.133. The number of aliphatic hydroxyl groups excluding tert-OH is 1. The van der Waals surface area contributed by atoms with Crippen LogP contribution >= 0.6 is 34.5 Å². The van der Waals surface area contributed by atoms with Crippen molar-refractivity contribution in [3.8, 4) is 11.8 Å². The molecular weight excluding hydrogens is 329 g/mol. The molecular formula is C15H11Cl2NO2S. The van der Waals surface area contributed by atoms with Crippen molar-refractivity contribution in [1.29, 1.82) is 0 Å². The second-order valence-corrected chi connectivity index (χ2v) is 6.47. The van der Waals surface area contributed by atoms with Gasteiger partial charge in [0, 0.05) is 11.3 Å². The van der Waals surface area contributed by atoms with Gasteiger partial charge in [-0.3, -0.25) is 4.79 Å². The van der Waals surface area contributed by atoms with Crippen molar-refractivity contribution < 1.29 is 9.90 Å². The van der Waals surface area contributed by atoms with E-state index in [9.17, 15) is 4.79 Å². The number of nitrogens with one attached hydrogen (secondary N) is 1. The van der Waals surface area contributed by atoms with E-state index in [1.54, 1.807) is 12.1 Å². The van der Waals surface area contributed by atoms with Gasteiger partial charge in [0.2, 0.25) is 0 Å². The van der Waals surface area contributed by atoms with Gasteiger partial charge in [0.15, 0.2) is 0 Å². The van der Waals surface area contributed by atoms with Crippen LogP contribution in [0.1, 0.15) is 21.5 Å². The van der Waals surface area contributed by atoms with E-state index in [1.807, 2.05) is 13.0 Å². The number of thiophene rings is 1. The molecule has 108 valence electrons. The lowest BCUT2D eigenvalue weighted by Gasteiger charge is -2.06. The van der Waals surface area contributed by atoms with Crippen LogP contribution in [0.25, 0.3) is 0 Å². The van der Waals surface area contributed by atoms with Crippen molar-refractivity contribution in [3.63, 3.8) is 0 Å². The highest BCUT2D eigenvalue weighted by Crippen LogP contribution is 2.31. The lowest BCUT2D eigenvalue weighted by molar-refractivity contribution is 0.102. The Morgan fingerprint density at radius 3 is 2.76 bits per heavy atom. The van der Waals surface area contributed by atoms with Crippen LogP contribution in [-0.2, 0) is 0 Å². The van der Waals surface area contributed by atoms with Crippen molar-refractivity contribution in [2.24, 2.45) is 0 Å². The Labute approximate surface area is 136 Å². The summed E-state index contributed by atoms with van der Waals surface area (Å²) in [6.07, 6.45) is 0. The summed E-state index contributed by atoms with van der Waals surface area (Å²) in [5.41, 5.74) is 2.66. The van der Waals surface area contributed by atoms with Crippen LogP contribution in [0.4, 0.5) is 5.69 Å². The number of amides is 1. The smallest absolute Gasteiger partial charge is 0.258 e. The van der Waals surface area contributed by atoms with Crippen molar-refractivity contribution in [1.82, 2.24) is 0 Å². The number of carbonyl (C=O) groups is 1. The molecule has 3 nitrogen and oxygen atoms in total. The minimum absolute atomic E-state index is 0.209. The largest absolute Gasteiger partial charge is 0.384 e. The molecule has 0 atom stereocenters. The third kappa shape index (κ3) is 3.99. The van der Waals surface area contributed by atoms with Crippen LogP contribution in [0.5, 0.6) is 0 Å². The molecule has 0 radical (unpaired) electrons. The van der Waals surface area contributed by atoms with E-state index in [-0.39, 0.29) is 12.5 Å². The predicted octanol–water partition coefficient (Wildman–Crippen LogP) is 3.96. The number of hydrogen-bond acceptors (Lipinski definition) is 3. The summed E-state index contributed by atoms with van der Waals surface area (Å²) in [6.45, 7) is 1.70. The zero-order valence-electron chi connectivity index (χ0n) is 11.0. The van der Waals surface area contributed by atoms with E-state index in [2.05, 4.69) is 17.2 Å². The number of hydrogen-bond donors (Lipinski definition) is 2. The number of rotatable bonds is 2. The second-order valence-electron chi connectivity index (χ2n) is 4.18. The molecule has 0 saturated heterocycles. The maximum atomic E-state index is 12.1. The number of aryl methyl sites for hydroxylation is 1. The van der Waals surface area contributed by atoms with Crippen molar-refractivity contribution in [3.05, 3.63) is 49.6 Å². The standard InChI is InChI=1S/C15H11Cl2NO2S/c1-9-4-5-11(7-10(9)3-2-6-19)18-15(20)12-8-13(16)21-14(12)17/h4-5,7-8,19H,6H2,1H3,(H,18,20). The number of anilines is 1. The molecule has 21 heavy (non-hydrogen) atoms. The lowest BCUT2D eigenvalue weighted by Crippen LogP contribution is -2.11. The average Bonchev–Trinajstić information content (AvgIpc) is 2.78. The summed E-state index contributed by atoms with van der Waals surface area (Å²) in [5.74, 6) is 5.10. The van der Waals surface area contributed by atoms with E-state index in [4.69, 9.17) is 28.3 Å². The first-order chi connectivity index (χ1) is 10.0. The van der Waals surface area contributed by atoms with Gasteiger partial charge in [0.1, 0.15) is 10.9 Å². The topological polar surface area (TPSA) is 49.3 Å². The maximum Gasteiger partial charge on any atom is 0.258 e. The zero-order chi connectivity index (χ0) is 15.4.